The molecule has 0 spiro atoms. The van der Waals surface area contributed by atoms with Crippen LogP contribution in [0.3, 0.4) is 0 Å². The summed E-state index contributed by atoms with van der Waals surface area (Å²) in [5, 5.41) is 11.1. The highest BCUT2D eigenvalue weighted by Gasteiger charge is 1.98. The average molecular weight is 285 g/mol. The summed E-state index contributed by atoms with van der Waals surface area (Å²) in [6.45, 7) is 0.569. The third kappa shape index (κ3) is 12.6. The van der Waals surface area contributed by atoms with Gasteiger partial charge in [-0.2, -0.15) is 0 Å². The molecule has 0 saturated carbocycles. The molecule has 0 aromatic carbocycles. The number of unbranched alkanes of at least 4 members (excludes halogenated alkanes) is 5. The third-order valence-corrected chi connectivity index (χ3v) is 2.69. The van der Waals surface area contributed by atoms with Gasteiger partial charge in [-0.3, -0.25) is 9.59 Å². The zero-order valence-electron chi connectivity index (χ0n) is 11.9. The van der Waals surface area contributed by atoms with Gasteiger partial charge in [0, 0.05) is 25.1 Å². The molecule has 114 valence electrons. The second-order valence-corrected chi connectivity index (χ2v) is 4.41. The Hall–Kier alpha value is -1.85. The molecule has 0 atom stereocenters. The summed E-state index contributed by atoms with van der Waals surface area (Å²) >= 11 is 0. The second-order valence-electron chi connectivity index (χ2n) is 4.41. The van der Waals surface area contributed by atoms with Gasteiger partial charge in [-0.25, -0.2) is 4.79 Å². The highest BCUT2D eigenvalue weighted by Crippen LogP contribution is 2.06. The van der Waals surface area contributed by atoms with Crippen molar-refractivity contribution in [3.8, 4) is 0 Å². The highest BCUT2D eigenvalue weighted by molar-refractivity contribution is 5.94. The van der Waals surface area contributed by atoms with E-state index in [9.17, 15) is 14.4 Å². The van der Waals surface area contributed by atoms with Gasteiger partial charge in [0.2, 0.25) is 5.91 Å². The van der Waals surface area contributed by atoms with Gasteiger partial charge in [-0.05, 0) is 12.8 Å². The van der Waals surface area contributed by atoms with Crippen molar-refractivity contribution in [3.63, 3.8) is 0 Å². The SMILES string of the molecule is COC(=O)C=CC(=O)NCCCCCCCCC(=O)O. The molecule has 20 heavy (non-hydrogen) atoms. The Labute approximate surface area is 119 Å². The molecule has 0 aromatic heterocycles. The van der Waals surface area contributed by atoms with Crippen LogP contribution in [0.2, 0.25) is 0 Å². The Morgan fingerprint density at radius 2 is 1.60 bits per heavy atom. The van der Waals surface area contributed by atoms with Crippen LogP contribution in [-0.2, 0) is 19.1 Å². The second kappa shape index (κ2) is 12.2. The first-order chi connectivity index (χ1) is 9.56. The number of methoxy groups -OCH3 is 1. The maximum Gasteiger partial charge on any atom is 0.330 e. The Bertz CT molecular complexity index is 338. The molecule has 0 rings (SSSR count). The molecule has 0 bridgehead atoms. The van der Waals surface area contributed by atoms with Crippen LogP contribution in [0.1, 0.15) is 44.9 Å². The summed E-state index contributed by atoms with van der Waals surface area (Å²) < 4.78 is 4.36. The van der Waals surface area contributed by atoms with Crippen LogP contribution < -0.4 is 5.32 Å². The lowest BCUT2D eigenvalue weighted by Crippen LogP contribution is -2.22. The van der Waals surface area contributed by atoms with Crippen molar-refractivity contribution in [1.82, 2.24) is 5.32 Å². The lowest BCUT2D eigenvalue weighted by atomic mass is 10.1. The molecule has 0 fully saturated rings. The van der Waals surface area contributed by atoms with Crippen LogP contribution in [0.25, 0.3) is 0 Å². The number of hydrogen-bond donors (Lipinski definition) is 2. The molecule has 6 nitrogen and oxygen atoms in total. The number of carboxylic acids is 1. The Kier molecular flexibility index (Phi) is 11.1. The van der Waals surface area contributed by atoms with E-state index in [4.69, 9.17) is 5.11 Å². The fourth-order valence-electron chi connectivity index (χ4n) is 1.59. The molecule has 6 heteroatoms. The minimum atomic E-state index is -0.743. The number of ether oxygens (including phenoxy) is 1. The van der Waals surface area contributed by atoms with E-state index in [-0.39, 0.29) is 12.3 Å². The summed E-state index contributed by atoms with van der Waals surface area (Å²) in [4.78, 5) is 32.3. The van der Waals surface area contributed by atoms with E-state index >= 15 is 0 Å². The Morgan fingerprint density at radius 3 is 2.20 bits per heavy atom. The monoisotopic (exact) mass is 285 g/mol. The van der Waals surface area contributed by atoms with Crippen LogP contribution in [-0.4, -0.2) is 36.6 Å². The van der Waals surface area contributed by atoms with E-state index in [0.717, 1.165) is 50.7 Å². The lowest BCUT2D eigenvalue weighted by Gasteiger charge is -2.02. The van der Waals surface area contributed by atoms with E-state index < -0.39 is 11.9 Å². The summed E-state index contributed by atoms with van der Waals surface area (Å²) in [7, 11) is 1.25. The van der Waals surface area contributed by atoms with Crippen molar-refractivity contribution in [3.05, 3.63) is 12.2 Å². The lowest BCUT2D eigenvalue weighted by molar-refractivity contribution is -0.137. The zero-order valence-corrected chi connectivity index (χ0v) is 11.9. The van der Waals surface area contributed by atoms with Gasteiger partial charge in [-0.15, -0.1) is 0 Å². The smallest absolute Gasteiger partial charge is 0.330 e. The molecule has 0 aromatic rings. The first kappa shape index (κ1) is 18.1. The summed E-state index contributed by atoms with van der Waals surface area (Å²) in [6, 6.07) is 0. The van der Waals surface area contributed by atoms with Gasteiger partial charge in [0.1, 0.15) is 0 Å². The number of amides is 1. The first-order valence-electron chi connectivity index (χ1n) is 6.82. The van der Waals surface area contributed by atoms with Gasteiger partial charge in [0.25, 0.3) is 0 Å². The molecule has 0 aliphatic rings. The average Bonchev–Trinajstić information content (AvgIpc) is 2.42. The molecule has 0 aliphatic carbocycles. The number of carbonyl (C=O) groups excluding carboxylic acids is 2. The molecule has 0 heterocycles. The number of carbonyl (C=O) groups is 3. The van der Waals surface area contributed by atoms with Crippen LogP contribution in [0.4, 0.5) is 0 Å². The predicted molar refractivity (Wildman–Crippen MR) is 74.1 cm³/mol. The Balaban J connectivity index is 3.35. The number of nitrogens with one attached hydrogen (secondary N) is 1. The van der Waals surface area contributed by atoms with Gasteiger partial charge >= 0.3 is 11.9 Å². The molecule has 2 N–H and O–H groups in total. The number of aliphatic carboxylic acids is 1. The van der Waals surface area contributed by atoms with Crippen molar-refractivity contribution in [1.29, 1.82) is 0 Å². The van der Waals surface area contributed by atoms with Crippen LogP contribution >= 0.6 is 0 Å². The molecular weight excluding hydrogens is 262 g/mol. The van der Waals surface area contributed by atoms with Crippen LogP contribution in [0.15, 0.2) is 12.2 Å². The first-order valence-corrected chi connectivity index (χ1v) is 6.82. The van der Waals surface area contributed by atoms with Gasteiger partial charge in [-0.1, -0.05) is 25.7 Å². The maximum absolute atomic E-state index is 11.2. The van der Waals surface area contributed by atoms with Gasteiger partial charge in [0.05, 0.1) is 7.11 Å². The number of carboxylic acid groups (broad SMARTS) is 1. The number of esters is 1. The number of hydrogen-bond acceptors (Lipinski definition) is 4. The molecular formula is C14H23NO5. The third-order valence-electron chi connectivity index (χ3n) is 2.69. The standard InChI is InChI=1S/C14H23NO5/c1-20-14(19)10-9-12(16)15-11-7-5-3-2-4-6-8-13(17)18/h9-10H,2-8,11H2,1H3,(H,15,16)(H,17,18). The number of rotatable bonds is 11. The summed E-state index contributed by atoms with van der Waals surface area (Å²) in [6.07, 6.45) is 8.05. The van der Waals surface area contributed by atoms with E-state index in [2.05, 4.69) is 10.1 Å². The Morgan fingerprint density at radius 1 is 1.00 bits per heavy atom. The van der Waals surface area contributed by atoms with Crippen LogP contribution in [0, 0.1) is 0 Å². The van der Waals surface area contributed by atoms with E-state index in [0.29, 0.717) is 6.54 Å². The molecule has 0 aliphatic heterocycles. The normalized spacial score (nSPS) is 10.4. The quantitative estimate of drug-likeness (QED) is 0.342. The van der Waals surface area contributed by atoms with Crippen molar-refractivity contribution in [2.45, 2.75) is 44.9 Å². The minimum Gasteiger partial charge on any atom is -0.481 e. The summed E-state index contributed by atoms with van der Waals surface area (Å²) in [5.74, 6) is -1.61. The molecule has 1 amide bonds. The molecule has 0 radical (unpaired) electrons. The van der Waals surface area contributed by atoms with Crippen molar-refractivity contribution in [2.75, 3.05) is 13.7 Å². The fraction of sp³-hybridized carbons (Fsp3) is 0.643. The predicted octanol–water partition coefficient (Wildman–Crippen LogP) is 1.65. The zero-order chi connectivity index (χ0) is 15.2. The fourth-order valence-corrected chi connectivity index (χ4v) is 1.59. The topological polar surface area (TPSA) is 92.7 Å². The molecule has 0 saturated heterocycles. The highest BCUT2D eigenvalue weighted by atomic mass is 16.5. The summed E-state index contributed by atoms with van der Waals surface area (Å²) in [5.41, 5.74) is 0. The van der Waals surface area contributed by atoms with Crippen molar-refractivity contribution in [2.24, 2.45) is 0 Å². The van der Waals surface area contributed by atoms with E-state index in [1.807, 2.05) is 0 Å². The van der Waals surface area contributed by atoms with E-state index in [1.54, 1.807) is 0 Å². The van der Waals surface area contributed by atoms with E-state index in [1.165, 1.54) is 7.11 Å². The minimum absolute atomic E-state index is 0.239. The molecule has 0 unspecified atom stereocenters. The van der Waals surface area contributed by atoms with Gasteiger partial charge < -0.3 is 15.2 Å². The van der Waals surface area contributed by atoms with Crippen molar-refractivity contribution >= 4 is 17.8 Å². The largest absolute Gasteiger partial charge is 0.481 e. The van der Waals surface area contributed by atoms with Gasteiger partial charge in [0.15, 0.2) is 0 Å². The van der Waals surface area contributed by atoms with Crippen LogP contribution in [0.5, 0.6) is 0 Å². The van der Waals surface area contributed by atoms with Crippen molar-refractivity contribution < 1.29 is 24.2 Å². The maximum atomic E-state index is 11.2.